The van der Waals surface area contributed by atoms with Crippen LogP contribution in [0.5, 0.6) is 17.2 Å². The highest BCUT2D eigenvalue weighted by molar-refractivity contribution is 5.98. The molecule has 0 radical (unpaired) electrons. The summed E-state index contributed by atoms with van der Waals surface area (Å²) in [6.45, 7) is 4.99. The van der Waals surface area contributed by atoms with Crippen LogP contribution in [0.1, 0.15) is 18.9 Å². The molecule has 1 atom stereocenters. The third kappa shape index (κ3) is 5.77. The second kappa shape index (κ2) is 12.2. The number of rotatable bonds is 8. The molecule has 11 heteroatoms. The molecule has 0 unspecified atom stereocenters. The Kier molecular flexibility index (Phi) is 7.63. The van der Waals surface area contributed by atoms with Crippen LogP contribution in [0.25, 0.3) is 33.3 Å². The number of amides is 1. The quantitative estimate of drug-likeness (QED) is 0.167. The van der Waals surface area contributed by atoms with Gasteiger partial charge in [-0.15, -0.1) is 0 Å². The smallest absolute Gasteiger partial charge is 0.336 e. The fraction of sp³-hybridized carbons (Fsp3) is 0.171. The van der Waals surface area contributed by atoms with Crippen LogP contribution in [0.3, 0.4) is 0 Å². The lowest BCUT2D eigenvalue weighted by Gasteiger charge is -2.33. The van der Waals surface area contributed by atoms with Gasteiger partial charge >= 0.3 is 5.63 Å². The first-order valence-electron chi connectivity index (χ1n) is 14.9. The molecule has 7 rings (SSSR count). The summed E-state index contributed by atoms with van der Waals surface area (Å²) in [5.74, 6) is 2.05. The second-order valence-electron chi connectivity index (χ2n) is 11.1. The Hall–Kier alpha value is -5.97. The van der Waals surface area contributed by atoms with E-state index in [0.717, 1.165) is 29.5 Å². The van der Waals surface area contributed by atoms with Gasteiger partial charge in [0.05, 0.1) is 11.4 Å². The average Bonchev–Trinajstić information content (AvgIpc) is 3.48. The number of nitrogens with two attached hydrogens (primary N) is 1. The number of fused-ring (bicyclic) bond motifs is 2. The molecule has 1 saturated heterocycles. The number of para-hydroxylation sites is 1. The molecule has 11 nitrogen and oxygen atoms in total. The molecule has 6 aromatic rings. The van der Waals surface area contributed by atoms with E-state index in [9.17, 15) is 9.59 Å². The summed E-state index contributed by atoms with van der Waals surface area (Å²) in [5, 5.41) is 6.41. The number of likely N-dealkylation sites (tertiary alicyclic amines) is 1. The van der Waals surface area contributed by atoms with Gasteiger partial charge in [-0.1, -0.05) is 24.8 Å². The van der Waals surface area contributed by atoms with E-state index in [1.165, 1.54) is 12.4 Å². The summed E-state index contributed by atoms with van der Waals surface area (Å²) in [6, 6.07) is 25.3. The van der Waals surface area contributed by atoms with Crippen LogP contribution in [0.2, 0.25) is 0 Å². The lowest BCUT2D eigenvalue weighted by molar-refractivity contribution is -0.129. The van der Waals surface area contributed by atoms with Crippen LogP contribution in [-0.2, 0) is 4.79 Å². The summed E-state index contributed by atoms with van der Waals surface area (Å²) in [6.07, 6.45) is 3.01. The molecule has 46 heavy (non-hydrogen) atoms. The lowest BCUT2D eigenvalue weighted by Crippen LogP contribution is -2.42. The summed E-state index contributed by atoms with van der Waals surface area (Å²) in [4.78, 5) is 35.6. The standard InChI is InChI=1S/C35H30N6O5/c1-22(20-44-28-15-9-23-12-16-30(42)46-29(23)18-28)35(43)40-17-5-6-25(19-40)41-34-31(33(36)37-21-38-34)32(39-41)24-10-13-27(14-11-24)45-26-7-3-2-4-8-26/h2-4,7-16,18,21,25H,1,5-6,17,19-20H2,(H2,36,37,38)/t25-/m1/s1. The zero-order valence-electron chi connectivity index (χ0n) is 24.8. The molecule has 0 bridgehead atoms. The first kappa shape index (κ1) is 28.8. The Bertz CT molecular complexity index is 2120. The zero-order valence-corrected chi connectivity index (χ0v) is 24.8. The van der Waals surface area contributed by atoms with Gasteiger partial charge in [-0.25, -0.2) is 19.4 Å². The van der Waals surface area contributed by atoms with Crippen molar-refractivity contribution in [3.63, 3.8) is 0 Å². The number of nitrogen functional groups attached to an aromatic ring is 1. The largest absolute Gasteiger partial charge is 0.489 e. The molecule has 4 heterocycles. The van der Waals surface area contributed by atoms with Crippen molar-refractivity contribution in [2.75, 3.05) is 25.4 Å². The highest BCUT2D eigenvalue weighted by Crippen LogP contribution is 2.35. The Morgan fingerprint density at radius 1 is 0.978 bits per heavy atom. The summed E-state index contributed by atoms with van der Waals surface area (Å²) >= 11 is 0. The Labute approximate surface area is 263 Å². The van der Waals surface area contributed by atoms with E-state index in [0.29, 0.717) is 58.3 Å². The van der Waals surface area contributed by atoms with Crippen molar-refractivity contribution in [1.29, 1.82) is 0 Å². The topological polar surface area (TPSA) is 139 Å². The molecule has 1 aliphatic heterocycles. The highest BCUT2D eigenvalue weighted by atomic mass is 16.5. The van der Waals surface area contributed by atoms with Gasteiger partial charge in [0, 0.05) is 41.7 Å². The molecule has 3 aromatic carbocycles. The van der Waals surface area contributed by atoms with E-state index in [2.05, 4.69) is 16.5 Å². The molecular formula is C35H30N6O5. The predicted octanol–water partition coefficient (Wildman–Crippen LogP) is 5.77. The number of hydrogen-bond acceptors (Lipinski definition) is 9. The van der Waals surface area contributed by atoms with E-state index in [1.54, 1.807) is 29.2 Å². The predicted molar refractivity (Wildman–Crippen MR) is 174 cm³/mol. The molecule has 0 spiro atoms. The molecule has 1 aliphatic rings. The van der Waals surface area contributed by atoms with Crippen LogP contribution in [0.4, 0.5) is 5.82 Å². The number of benzene rings is 3. The first-order valence-corrected chi connectivity index (χ1v) is 14.9. The van der Waals surface area contributed by atoms with E-state index < -0.39 is 5.63 Å². The Balaban J connectivity index is 1.08. The summed E-state index contributed by atoms with van der Waals surface area (Å²) in [5.41, 5.74) is 8.75. The second-order valence-corrected chi connectivity index (χ2v) is 11.1. The molecule has 0 aliphatic carbocycles. The maximum absolute atomic E-state index is 13.5. The van der Waals surface area contributed by atoms with Crippen molar-refractivity contribution in [3.05, 3.63) is 114 Å². The van der Waals surface area contributed by atoms with Crippen molar-refractivity contribution >= 4 is 33.7 Å². The molecule has 0 saturated carbocycles. The number of nitrogens with zero attached hydrogens (tertiary/aromatic N) is 5. The normalized spacial score (nSPS) is 14.8. The van der Waals surface area contributed by atoms with Crippen LogP contribution in [0.15, 0.2) is 113 Å². The van der Waals surface area contributed by atoms with Crippen LogP contribution >= 0.6 is 0 Å². The van der Waals surface area contributed by atoms with Crippen molar-refractivity contribution in [2.24, 2.45) is 0 Å². The SMILES string of the molecule is C=C(COc1ccc2ccc(=O)oc2c1)C(=O)N1CCC[C@@H](n2nc(-c3ccc(Oc4ccccc4)cc3)c3c(N)ncnc32)C1. The van der Waals surface area contributed by atoms with Crippen molar-refractivity contribution in [3.8, 4) is 28.5 Å². The number of carbonyl (C=O) groups excluding carboxylic acids is 1. The first-order chi connectivity index (χ1) is 22.4. The zero-order chi connectivity index (χ0) is 31.6. The van der Waals surface area contributed by atoms with Gasteiger partial charge in [0.2, 0.25) is 0 Å². The molecule has 1 amide bonds. The van der Waals surface area contributed by atoms with Crippen LogP contribution in [0, 0.1) is 0 Å². The van der Waals surface area contributed by atoms with E-state index in [4.69, 9.17) is 24.7 Å². The maximum atomic E-state index is 13.5. The average molecular weight is 615 g/mol. The summed E-state index contributed by atoms with van der Waals surface area (Å²) < 4.78 is 18.9. The highest BCUT2D eigenvalue weighted by Gasteiger charge is 2.29. The number of piperidine rings is 1. The molecule has 1 fully saturated rings. The van der Waals surface area contributed by atoms with Gasteiger partial charge < -0.3 is 24.5 Å². The minimum Gasteiger partial charge on any atom is -0.489 e. The van der Waals surface area contributed by atoms with Crippen molar-refractivity contribution in [1.82, 2.24) is 24.6 Å². The third-order valence-corrected chi connectivity index (χ3v) is 7.96. The monoisotopic (exact) mass is 614 g/mol. The van der Waals surface area contributed by atoms with E-state index in [-0.39, 0.29) is 18.6 Å². The molecular weight excluding hydrogens is 584 g/mol. The maximum Gasteiger partial charge on any atom is 0.336 e. The van der Waals surface area contributed by atoms with Gasteiger partial charge in [0.15, 0.2) is 5.65 Å². The van der Waals surface area contributed by atoms with Gasteiger partial charge in [0.25, 0.3) is 5.91 Å². The molecule has 230 valence electrons. The number of anilines is 1. The summed E-state index contributed by atoms with van der Waals surface area (Å²) in [7, 11) is 0. The fourth-order valence-corrected chi connectivity index (χ4v) is 5.68. The Morgan fingerprint density at radius 3 is 2.57 bits per heavy atom. The number of hydrogen-bond donors (Lipinski definition) is 1. The Morgan fingerprint density at radius 2 is 1.74 bits per heavy atom. The van der Waals surface area contributed by atoms with Crippen LogP contribution < -0.4 is 20.8 Å². The third-order valence-electron chi connectivity index (χ3n) is 7.96. The van der Waals surface area contributed by atoms with Crippen LogP contribution in [-0.4, -0.2) is 50.3 Å². The van der Waals surface area contributed by atoms with Gasteiger partial charge in [-0.2, -0.15) is 5.10 Å². The van der Waals surface area contributed by atoms with E-state index >= 15 is 0 Å². The minimum absolute atomic E-state index is 0.00877. The van der Waals surface area contributed by atoms with Gasteiger partial charge in [-0.3, -0.25) is 4.79 Å². The van der Waals surface area contributed by atoms with Gasteiger partial charge in [0.1, 0.15) is 47.3 Å². The fourth-order valence-electron chi connectivity index (χ4n) is 5.68. The minimum atomic E-state index is -0.443. The number of aromatic nitrogens is 4. The van der Waals surface area contributed by atoms with Gasteiger partial charge in [-0.05, 0) is 67.4 Å². The van der Waals surface area contributed by atoms with E-state index in [1.807, 2.05) is 59.3 Å². The number of ether oxygens (including phenoxy) is 2. The van der Waals surface area contributed by atoms with Crippen molar-refractivity contribution < 1.29 is 18.7 Å². The lowest BCUT2D eigenvalue weighted by atomic mass is 10.0. The van der Waals surface area contributed by atoms with Crippen molar-refractivity contribution in [2.45, 2.75) is 18.9 Å². The number of carbonyl (C=O) groups is 1. The molecule has 2 N–H and O–H groups in total. The molecule has 3 aromatic heterocycles.